The number of anilines is 1. The van der Waals surface area contributed by atoms with Gasteiger partial charge in [0.05, 0.1) is 23.6 Å². The Morgan fingerprint density at radius 2 is 1.77 bits per heavy atom. The molecule has 0 aliphatic rings. The minimum absolute atomic E-state index is 0.222. The number of benzene rings is 2. The molecule has 5 rings (SSSR count). The van der Waals surface area contributed by atoms with E-state index in [-0.39, 0.29) is 17.6 Å². The summed E-state index contributed by atoms with van der Waals surface area (Å²) in [5, 5.41) is 5.03. The number of amides is 1. The minimum atomic E-state index is -0.410. The molecule has 0 aliphatic heterocycles. The van der Waals surface area contributed by atoms with Crippen molar-refractivity contribution in [1.29, 1.82) is 0 Å². The molecule has 0 spiro atoms. The van der Waals surface area contributed by atoms with E-state index in [1.807, 2.05) is 0 Å². The molecule has 3 heterocycles. The summed E-state index contributed by atoms with van der Waals surface area (Å²) in [6, 6.07) is 16.8. The zero-order chi connectivity index (χ0) is 21.2. The standard InChI is InChI=1S/C23H14FN3O3S/c24-17-9-4-3-8-16(17)20-12-25-22(30-20)15-7-2-1-6-14(15)21(28)27-23-26-18(13-31-23)19-10-5-11-29-19/h1-13H,(H,26,27,28). The van der Waals surface area contributed by atoms with Crippen LogP contribution in [0, 0.1) is 5.82 Å². The lowest BCUT2D eigenvalue weighted by Crippen LogP contribution is -2.13. The average Bonchev–Trinajstić information content (AvgIpc) is 3.55. The predicted octanol–water partition coefficient (Wildman–Crippen LogP) is 6.12. The number of carbonyl (C=O) groups excluding carboxylic acids is 1. The maximum Gasteiger partial charge on any atom is 0.258 e. The molecular formula is C23H14FN3O3S. The van der Waals surface area contributed by atoms with Crippen molar-refractivity contribution in [3.05, 3.63) is 89.9 Å². The Morgan fingerprint density at radius 3 is 2.58 bits per heavy atom. The van der Waals surface area contributed by atoms with Crippen LogP contribution in [0.15, 0.2) is 87.3 Å². The number of hydrogen-bond acceptors (Lipinski definition) is 6. The lowest BCUT2D eigenvalue weighted by atomic mass is 10.1. The van der Waals surface area contributed by atoms with E-state index < -0.39 is 5.82 Å². The molecule has 5 aromatic rings. The van der Waals surface area contributed by atoms with E-state index in [1.165, 1.54) is 23.6 Å². The fraction of sp³-hybridized carbons (Fsp3) is 0. The smallest absolute Gasteiger partial charge is 0.258 e. The number of nitrogens with zero attached hydrogens (tertiary/aromatic N) is 2. The normalized spacial score (nSPS) is 10.9. The molecule has 8 heteroatoms. The Hall–Kier alpha value is -4.04. The molecular weight excluding hydrogens is 417 g/mol. The third kappa shape index (κ3) is 3.76. The van der Waals surface area contributed by atoms with Crippen LogP contribution in [-0.2, 0) is 0 Å². The van der Waals surface area contributed by atoms with Gasteiger partial charge in [0, 0.05) is 10.9 Å². The fourth-order valence-corrected chi connectivity index (χ4v) is 3.78. The van der Waals surface area contributed by atoms with E-state index >= 15 is 0 Å². The van der Waals surface area contributed by atoms with Crippen LogP contribution in [0.5, 0.6) is 0 Å². The van der Waals surface area contributed by atoms with Crippen molar-refractivity contribution in [3.8, 4) is 34.2 Å². The lowest BCUT2D eigenvalue weighted by Gasteiger charge is -2.06. The molecule has 0 radical (unpaired) electrons. The van der Waals surface area contributed by atoms with E-state index in [0.29, 0.717) is 33.3 Å². The first kappa shape index (κ1) is 19.0. The Labute approximate surface area is 180 Å². The van der Waals surface area contributed by atoms with Gasteiger partial charge in [-0.3, -0.25) is 10.1 Å². The number of nitrogens with one attached hydrogen (secondary N) is 1. The zero-order valence-corrected chi connectivity index (χ0v) is 16.7. The van der Waals surface area contributed by atoms with E-state index in [4.69, 9.17) is 8.83 Å². The highest BCUT2D eigenvalue weighted by atomic mass is 32.1. The van der Waals surface area contributed by atoms with Crippen molar-refractivity contribution in [1.82, 2.24) is 9.97 Å². The van der Waals surface area contributed by atoms with Crippen molar-refractivity contribution in [2.45, 2.75) is 0 Å². The molecule has 0 unspecified atom stereocenters. The van der Waals surface area contributed by atoms with Gasteiger partial charge in [-0.15, -0.1) is 11.3 Å². The number of thiazole rings is 1. The minimum Gasteiger partial charge on any atom is -0.463 e. The second-order valence-corrected chi connectivity index (χ2v) is 7.38. The number of hydrogen-bond donors (Lipinski definition) is 1. The van der Waals surface area contributed by atoms with Gasteiger partial charge in [-0.05, 0) is 36.4 Å². The first-order valence-electron chi connectivity index (χ1n) is 9.30. The summed E-state index contributed by atoms with van der Waals surface area (Å²) >= 11 is 1.29. The molecule has 3 aromatic heterocycles. The lowest BCUT2D eigenvalue weighted by molar-refractivity contribution is 0.102. The van der Waals surface area contributed by atoms with Crippen LogP contribution in [0.25, 0.3) is 34.2 Å². The highest BCUT2D eigenvalue weighted by Crippen LogP contribution is 2.30. The Morgan fingerprint density at radius 1 is 0.968 bits per heavy atom. The molecule has 0 saturated heterocycles. The number of furan rings is 1. The SMILES string of the molecule is O=C(Nc1nc(-c2ccco2)cs1)c1ccccc1-c1ncc(-c2ccccc2F)o1. The van der Waals surface area contributed by atoms with Crippen LogP contribution in [-0.4, -0.2) is 15.9 Å². The summed E-state index contributed by atoms with van der Waals surface area (Å²) < 4.78 is 25.2. The largest absolute Gasteiger partial charge is 0.463 e. The van der Waals surface area contributed by atoms with Crippen molar-refractivity contribution < 1.29 is 18.0 Å². The maximum atomic E-state index is 14.1. The summed E-state index contributed by atoms with van der Waals surface area (Å²) in [6.07, 6.45) is 3.01. The second-order valence-electron chi connectivity index (χ2n) is 6.52. The Bertz CT molecular complexity index is 1360. The number of halogens is 1. The summed E-state index contributed by atoms with van der Waals surface area (Å²) in [5.41, 5.74) is 1.79. The molecule has 1 amide bonds. The molecule has 0 fully saturated rings. The summed E-state index contributed by atoms with van der Waals surface area (Å²) in [5.74, 6) is 0.359. The van der Waals surface area contributed by atoms with E-state index in [9.17, 15) is 9.18 Å². The molecule has 1 N–H and O–H groups in total. The number of carbonyl (C=O) groups is 1. The van der Waals surface area contributed by atoms with Crippen LogP contribution in [0.3, 0.4) is 0 Å². The third-order valence-corrected chi connectivity index (χ3v) is 5.30. The van der Waals surface area contributed by atoms with E-state index in [2.05, 4.69) is 15.3 Å². The van der Waals surface area contributed by atoms with Gasteiger partial charge < -0.3 is 8.83 Å². The summed E-state index contributed by atoms with van der Waals surface area (Å²) in [4.78, 5) is 21.6. The van der Waals surface area contributed by atoms with E-state index in [0.717, 1.165) is 0 Å². The van der Waals surface area contributed by atoms with Crippen LogP contribution in [0.1, 0.15) is 10.4 Å². The maximum absolute atomic E-state index is 14.1. The van der Waals surface area contributed by atoms with Crippen molar-refractivity contribution in [2.75, 3.05) is 5.32 Å². The highest BCUT2D eigenvalue weighted by Gasteiger charge is 2.19. The number of rotatable bonds is 5. The van der Waals surface area contributed by atoms with Gasteiger partial charge >= 0.3 is 0 Å². The first-order chi connectivity index (χ1) is 15.2. The van der Waals surface area contributed by atoms with Gasteiger partial charge in [0.1, 0.15) is 11.5 Å². The molecule has 6 nitrogen and oxygen atoms in total. The van der Waals surface area contributed by atoms with Gasteiger partial charge in [0.25, 0.3) is 5.91 Å². The summed E-state index contributed by atoms with van der Waals surface area (Å²) in [7, 11) is 0. The van der Waals surface area contributed by atoms with Gasteiger partial charge in [-0.1, -0.05) is 24.3 Å². The Kier molecular flexibility index (Phi) is 4.89. The van der Waals surface area contributed by atoms with Gasteiger partial charge in [-0.25, -0.2) is 14.4 Å². The van der Waals surface area contributed by atoms with Crippen LogP contribution < -0.4 is 5.32 Å². The fourth-order valence-electron chi connectivity index (χ4n) is 3.08. The Balaban J connectivity index is 1.42. The second kappa shape index (κ2) is 8.00. The monoisotopic (exact) mass is 431 g/mol. The molecule has 0 saturated carbocycles. The van der Waals surface area contributed by atoms with Gasteiger partial charge in [0.2, 0.25) is 5.89 Å². The van der Waals surface area contributed by atoms with Gasteiger partial charge in [-0.2, -0.15) is 0 Å². The summed E-state index contributed by atoms with van der Waals surface area (Å²) in [6.45, 7) is 0. The van der Waals surface area contributed by atoms with Crippen molar-refractivity contribution >= 4 is 22.4 Å². The quantitative estimate of drug-likeness (QED) is 0.363. The molecule has 0 atom stereocenters. The zero-order valence-electron chi connectivity index (χ0n) is 15.9. The number of oxazole rings is 1. The van der Waals surface area contributed by atoms with Crippen LogP contribution >= 0.6 is 11.3 Å². The van der Waals surface area contributed by atoms with E-state index in [1.54, 1.807) is 66.2 Å². The first-order valence-corrected chi connectivity index (χ1v) is 10.2. The van der Waals surface area contributed by atoms with Crippen molar-refractivity contribution in [3.63, 3.8) is 0 Å². The van der Waals surface area contributed by atoms with Gasteiger partial charge in [0.15, 0.2) is 16.7 Å². The molecule has 0 bridgehead atoms. The molecule has 31 heavy (non-hydrogen) atoms. The molecule has 0 aliphatic carbocycles. The topological polar surface area (TPSA) is 81.2 Å². The van der Waals surface area contributed by atoms with Crippen molar-refractivity contribution in [2.24, 2.45) is 0 Å². The highest BCUT2D eigenvalue weighted by molar-refractivity contribution is 7.14. The number of aromatic nitrogens is 2. The molecule has 152 valence electrons. The average molecular weight is 431 g/mol. The molecule has 2 aromatic carbocycles. The van der Waals surface area contributed by atoms with Crippen LogP contribution in [0.4, 0.5) is 9.52 Å². The van der Waals surface area contributed by atoms with Crippen LogP contribution in [0.2, 0.25) is 0 Å². The third-order valence-electron chi connectivity index (χ3n) is 4.55. The predicted molar refractivity (Wildman–Crippen MR) is 115 cm³/mol.